The van der Waals surface area contributed by atoms with E-state index in [9.17, 15) is 8.42 Å². The van der Waals surface area contributed by atoms with E-state index >= 15 is 0 Å². The molecule has 0 aliphatic heterocycles. The van der Waals surface area contributed by atoms with Crippen LogP contribution in [-0.2, 0) is 9.84 Å². The highest BCUT2D eigenvalue weighted by molar-refractivity contribution is 9.11. The number of halogens is 1. The Morgan fingerprint density at radius 3 is 2.50 bits per heavy atom. The zero-order valence-electron chi connectivity index (χ0n) is 9.69. The molecule has 0 atom stereocenters. The van der Waals surface area contributed by atoms with Crippen LogP contribution >= 0.6 is 15.9 Å². The maximum atomic E-state index is 11.9. The molecule has 0 amide bonds. The Hall–Kier alpha value is -1.16. The van der Waals surface area contributed by atoms with Gasteiger partial charge in [0, 0.05) is 17.6 Å². The van der Waals surface area contributed by atoms with E-state index in [1.54, 1.807) is 0 Å². The van der Waals surface area contributed by atoms with Crippen LogP contribution in [0.15, 0.2) is 40.2 Å². The summed E-state index contributed by atoms with van der Waals surface area (Å²) in [5.41, 5.74) is 0.447. The van der Waals surface area contributed by atoms with Crippen LogP contribution in [-0.4, -0.2) is 27.3 Å². The van der Waals surface area contributed by atoms with E-state index in [4.69, 9.17) is 5.26 Å². The first kappa shape index (κ1) is 14.9. The van der Waals surface area contributed by atoms with Crippen molar-refractivity contribution in [2.45, 2.75) is 4.90 Å². The Labute approximate surface area is 115 Å². The van der Waals surface area contributed by atoms with E-state index in [1.807, 2.05) is 6.07 Å². The van der Waals surface area contributed by atoms with Gasteiger partial charge in [-0.15, -0.1) is 0 Å². The van der Waals surface area contributed by atoms with E-state index in [0.29, 0.717) is 18.7 Å². The van der Waals surface area contributed by atoms with Crippen molar-refractivity contribution >= 4 is 25.8 Å². The molecule has 18 heavy (non-hydrogen) atoms. The largest absolute Gasteiger partial charge is 0.311 e. The molecule has 0 saturated heterocycles. The van der Waals surface area contributed by atoms with Crippen molar-refractivity contribution in [1.29, 1.82) is 5.26 Å². The maximum absolute atomic E-state index is 11.9. The number of nitrogens with zero attached hydrogens (tertiary/aromatic N) is 1. The minimum absolute atomic E-state index is 0.0131. The third-order valence-electron chi connectivity index (χ3n) is 2.21. The number of nitrogens with one attached hydrogen (secondary N) is 1. The second-order valence-corrected chi connectivity index (χ2v) is 6.88. The predicted molar refractivity (Wildman–Crippen MR) is 74.1 cm³/mol. The van der Waals surface area contributed by atoms with Gasteiger partial charge in [-0.1, -0.05) is 22.5 Å². The molecule has 6 heteroatoms. The summed E-state index contributed by atoms with van der Waals surface area (Å²) in [6, 6.07) is 7.86. The third-order valence-corrected chi connectivity index (χ3v) is 4.22. The molecule has 96 valence electrons. The van der Waals surface area contributed by atoms with Gasteiger partial charge in [-0.05, 0) is 24.3 Å². The number of hydrogen-bond acceptors (Lipinski definition) is 4. The monoisotopic (exact) mass is 328 g/mol. The van der Waals surface area contributed by atoms with Gasteiger partial charge in [-0.25, -0.2) is 8.42 Å². The van der Waals surface area contributed by atoms with Gasteiger partial charge >= 0.3 is 0 Å². The topological polar surface area (TPSA) is 70.0 Å². The molecule has 0 aliphatic rings. The number of rotatable bonds is 6. The van der Waals surface area contributed by atoms with E-state index in [0.717, 1.165) is 4.48 Å². The molecular formula is C12H13BrN2O2S. The average molecular weight is 329 g/mol. The molecule has 1 aromatic rings. The van der Waals surface area contributed by atoms with Gasteiger partial charge in [0.25, 0.3) is 0 Å². The molecule has 0 saturated carbocycles. The van der Waals surface area contributed by atoms with Gasteiger partial charge in [0.2, 0.25) is 0 Å². The van der Waals surface area contributed by atoms with E-state index in [1.165, 1.54) is 24.3 Å². The standard InChI is InChI=1S/C12H13BrN2O2S/c1-10(13)9-15-6-7-18(16,17)12-4-2-11(8-14)3-5-12/h2-5,15H,1,6-7,9H2. The van der Waals surface area contributed by atoms with Crippen LogP contribution < -0.4 is 5.32 Å². The summed E-state index contributed by atoms with van der Waals surface area (Å²) in [5.74, 6) is 0.0131. The van der Waals surface area contributed by atoms with Crippen molar-refractivity contribution in [2.75, 3.05) is 18.8 Å². The molecule has 0 unspecified atom stereocenters. The van der Waals surface area contributed by atoms with Crippen molar-refractivity contribution in [1.82, 2.24) is 5.32 Å². The van der Waals surface area contributed by atoms with Crippen LogP contribution in [0.3, 0.4) is 0 Å². The first-order valence-corrected chi connectivity index (χ1v) is 7.67. The summed E-state index contributed by atoms with van der Waals surface area (Å²) in [5, 5.41) is 11.6. The van der Waals surface area contributed by atoms with Crippen molar-refractivity contribution in [2.24, 2.45) is 0 Å². The molecule has 0 heterocycles. The van der Waals surface area contributed by atoms with Crippen molar-refractivity contribution in [3.63, 3.8) is 0 Å². The van der Waals surface area contributed by atoms with E-state index in [2.05, 4.69) is 27.8 Å². The fourth-order valence-electron chi connectivity index (χ4n) is 1.29. The molecule has 1 aromatic carbocycles. The summed E-state index contributed by atoms with van der Waals surface area (Å²) in [6.45, 7) is 4.53. The van der Waals surface area contributed by atoms with Crippen LogP contribution in [0.5, 0.6) is 0 Å². The Morgan fingerprint density at radius 1 is 1.39 bits per heavy atom. The molecule has 0 fully saturated rings. The number of benzene rings is 1. The lowest BCUT2D eigenvalue weighted by atomic mass is 10.2. The predicted octanol–water partition coefficient (Wildman–Crippen LogP) is 1.83. The smallest absolute Gasteiger partial charge is 0.179 e. The van der Waals surface area contributed by atoms with Gasteiger partial charge in [-0.2, -0.15) is 5.26 Å². The Balaban J connectivity index is 2.63. The SMILES string of the molecule is C=C(Br)CNCCS(=O)(=O)c1ccc(C#N)cc1. The molecule has 0 bridgehead atoms. The third kappa shape index (κ3) is 4.61. The lowest BCUT2D eigenvalue weighted by molar-refractivity contribution is 0.592. The van der Waals surface area contributed by atoms with Gasteiger partial charge in [0.05, 0.1) is 22.3 Å². The molecule has 0 radical (unpaired) electrons. The van der Waals surface area contributed by atoms with Crippen molar-refractivity contribution in [3.8, 4) is 6.07 Å². The highest BCUT2D eigenvalue weighted by Crippen LogP contribution is 2.11. The van der Waals surface area contributed by atoms with Crippen LogP contribution in [0.4, 0.5) is 0 Å². The Bertz CT molecular complexity index is 559. The zero-order valence-corrected chi connectivity index (χ0v) is 12.1. The van der Waals surface area contributed by atoms with E-state index in [-0.39, 0.29) is 10.6 Å². The molecule has 4 nitrogen and oxygen atoms in total. The van der Waals surface area contributed by atoms with Gasteiger partial charge < -0.3 is 5.32 Å². The van der Waals surface area contributed by atoms with Gasteiger partial charge in [-0.3, -0.25) is 0 Å². The van der Waals surface area contributed by atoms with Crippen LogP contribution in [0.25, 0.3) is 0 Å². The van der Waals surface area contributed by atoms with Crippen molar-refractivity contribution in [3.05, 3.63) is 40.9 Å². The quantitative estimate of drug-likeness (QED) is 0.809. The summed E-state index contributed by atoms with van der Waals surface area (Å²) < 4.78 is 24.6. The fraction of sp³-hybridized carbons (Fsp3) is 0.250. The number of nitriles is 1. The summed E-state index contributed by atoms with van der Waals surface area (Å²) >= 11 is 3.18. The zero-order chi connectivity index (χ0) is 13.6. The van der Waals surface area contributed by atoms with Gasteiger partial charge in [0.15, 0.2) is 9.84 Å². The van der Waals surface area contributed by atoms with Crippen LogP contribution in [0, 0.1) is 11.3 Å². The first-order chi connectivity index (χ1) is 8.45. The Morgan fingerprint density at radius 2 is 2.00 bits per heavy atom. The van der Waals surface area contributed by atoms with Crippen LogP contribution in [0.2, 0.25) is 0 Å². The van der Waals surface area contributed by atoms with Crippen molar-refractivity contribution < 1.29 is 8.42 Å². The second kappa shape index (κ2) is 6.69. The summed E-state index contributed by atoms with van der Waals surface area (Å²) in [4.78, 5) is 0.237. The lowest BCUT2D eigenvalue weighted by Crippen LogP contribution is -2.23. The molecular weight excluding hydrogens is 316 g/mol. The molecule has 0 aromatic heterocycles. The molecule has 0 aliphatic carbocycles. The fourth-order valence-corrected chi connectivity index (χ4v) is 2.68. The number of hydrogen-bond donors (Lipinski definition) is 1. The van der Waals surface area contributed by atoms with Crippen LogP contribution in [0.1, 0.15) is 5.56 Å². The minimum atomic E-state index is -3.30. The summed E-state index contributed by atoms with van der Waals surface area (Å²) in [6.07, 6.45) is 0. The highest BCUT2D eigenvalue weighted by Gasteiger charge is 2.13. The highest BCUT2D eigenvalue weighted by atomic mass is 79.9. The average Bonchev–Trinajstić information content (AvgIpc) is 2.34. The van der Waals surface area contributed by atoms with E-state index < -0.39 is 9.84 Å². The minimum Gasteiger partial charge on any atom is -0.311 e. The second-order valence-electron chi connectivity index (χ2n) is 3.65. The normalized spacial score (nSPS) is 10.9. The Kier molecular flexibility index (Phi) is 5.54. The first-order valence-electron chi connectivity index (χ1n) is 5.22. The lowest BCUT2D eigenvalue weighted by Gasteiger charge is -2.05. The molecule has 1 rings (SSSR count). The molecule has 1 N–H and O–H groups in total. The van der Waals surface area contributed by atoms with Gasteiger partial charge in [0.1, 0.15) is 0 Å². The molecule has 0 spiro atoms. The summed E-state index contributed by atoms with van der Waals surface area (Å²) in [7, 11) is -3.30. The number of sulfone groups is 1. The maximum Gasteiger partial charge on any atom is 0.179 e.